The second kappa shape index (κ2) is 9.01. The number of aromatic nitrogens is 2. The molecule has 0 radical (unpaired) electrons. The Morgan fingerprint density at radius 2 is 1.72 bits per heavy atom. The van der Waals surface area contributed by atoms with E-state index in [1.54, 1.807) is 23.1 Å². The largest absolute Gasteiger partial charge is 0.350 e. The van der Waals surface area contributed by atoms with Crippen molar-refractivity contribution in [3.63, 3.8) is 0 Å². The molecule has 1 aromatic heterocycles. The number of likely N-dealkylation sites (tertiary alicyclic amines) is 1. The molecule has 6 heteroatoms. The van der Waals surface area contributed by atoms with Crippen molar-refractivity contribution in [3.05, 3.63) is 76.3 Å². The Labute approximate surface area is 170 Å². The van der Waals surface area contributed by atoms with Crippen LogP contribution in [-0.2, 0) is 24.4 Å². The Bertz CT molecular complexity index is 1050. The summed E-state index contributed by atoms with van der Waals surface area (Å²) in [7, 11) is 0. The highest BCUT2D eigenvalue weighted by molar-refractivity contribution is 5.78. The first kappa shape index (κ1) is 19.3. The number of piperidine rings is 1. The maximum absolute atomic E-state index is 12.6. The van der Waals surface area contributed by atoms with Crippen LogP contribution in [0.2, 0.25) is 0 Å². The second-order valence-electron chi connectivity index (χ2n) is 7.73. The van der Waals surface area contributed by atoms with Gasteiger partial charge in [0.05, 0.1) is 30.3 Å². The third kappa shape index (κ3) is 4.71. The van der Waals surface area contributed by atoms with Crippen molar-refractivity contribution in [2.45, 2.75) is 38.9 Å². The van der Waals surface area contributed by atoms with Crippen molar-refractivity contribution < 1.29 is 9.69 Å². The topological polar surface area (TPSA) is 68.4 Å². The molecule has 0 spiro atoms. The van der Waals surface area contributed by atoms with Gasteiger partial charge in [0.25, 0.3) is 5.56 Å². The molecule has 0 aliphatic carbocycles. The van der Waals surface area contributed by atoms with E-state index in [1.807, 2.05) is 12.1 Å². The van der Waals surface area contributed by atoms with E-state index in [0.717, 1.165) is 12.1 Å². The van der Waals surface area contributed by atoms with Gasteiger partial charge in [-0.15, -0.1) is 0 Å². The average Bonchev–Trinajstić information content (AvgIpc) is 2.76. The van der Waals surface area contributed by atoms with Crippen molar-refractivity contribution in [1.29, 1.82) is 0 Å². The summed E-state index contributed by atoms with van der Waals surface area (Å²) in [6.45, 7) is 3.88. The number of nitrogens with zero attached hydrogens (tertiary/aromatic N) is 2. The summed E-state index contributed by atoms with van der Waals surface area (Å²) >= 11 is 0. The van der Waals surface area contributed by atoms with Gasteiger partial charge in [-0.3, -0.25) is 14.2 Å². The molecule has 1 saturated heterocycles. The maximum atomic E-state index is 12.6. The zero-order chi connectivity index (χ0) is 20.1. The molecule has 150 valence electrons. The first-order chi connectivity index (χ1) is 14.2. The Hall–Kier alpha value is -2.99. The number of rotatable bonds is 6. The first-order valence-corrected chi connectivity index (χ1v) is 10.3. The number of quaternary nitrogens is 1. The average molecular weight is 391 g/mol. The molecule has 1 aliphatic heterocycles. The van der Waals surface area contributed by atoms with E-state index in [9.17, 15) is 9.59 Å². The molecular formula is C23H27N4O2+. The van der Waals surface area contributed by atoms with E-state index in [1.165, 1.54) is 48.8 Å². The van der Waals surface area contributed by atoms with Gasteiger partial charge in [-0.2, -0.15) is 0 Å². The molecule has 1 aliphatic rings. The van der Waals surface area contributed by atoms with Gasteiger partial charge in [0.1, 0.15) is 13.1 Å². The lowest BCUT2D eigenvalue weighted by atomic mass is 10.0. The van der Waals surface area contributed by atoms with Crippen LogP contribution in [0.5, 0.6) is 0 Å². The fraction of sp³-hybridized carbons (Fsp3) is 0.348. The molecule has 2 aromatic carbocycles. The predicted octanol–water partition coefficient (Wildman–Crippen LogP) is 1.28. The molecule has 0 unspecified atom stereocenters. The Balaban J connectivity index is 1.40. The zero-order valence-electron chi connectivity index (χ0n) is 16.6. The monoisotopic (exact) mass is 391 g/mol. The summed E-state index contributed by atoms with van der Waals surface area (Å²) < 4.78 is 1.36. The molecule has 29 heavy (non-hydrogen) atoms. The third-order valence-electron chi connectivity index (χ3n) is 5.64. The van der Waals surface area contributed by atoms with Gasteiger partial charge in [0.15, 0.2) is 0 Å². The highest BCUT2D eigenvalue weighted by Gasteiger charge is 2.16. The minimum atomic E-state index is -0.195. The number of hydrogen-bond acceptors (Lipinski definition) is 3. The van der Waals surface area contributed by atoms with Gasteiger partial charge in [0.2, 0.25) is 5.91 Å². The maximum Gasteiger partial charge on any atom is 0.261 e. The Kier molecular flexibility index (Phi) is 6.00. The number of carbonyl (C=O) groups is 1. The van der Waals surface area contributed by atoms with Gasteiger partial charge in [-0.25, -0.2) is 4.98 Å². The van der Waals surface area contributed by atoms with Crippen LogP contribution in [0.4, 0.5) is 0 Å². The third-order valence-corrected chi connectivity index (χ3v) is 5.64. The minimum Gasteiger partial charge on any atom is -0.350 e. The van der Waals surface area contributed by atoms with E-state index >= 15 is 0 Å². The number of amides is 1. The van der Waals surface area contributed by atoms with E-state index in [0.29, 0.717) is 17.4 Å². The van der Waals surface area contributed by atoms with Gasteiger partial charge in [-0.05, 0) is 37.0 Å². The number of fused-ring (bicyclic) bond motifs is 1. The van der Waals surface area contributed by atoms with Crippen molar-refractivity contribution in [1.82, 2.24) is 14.9 Å². The lowest BCUT2D eigenvalue weighted by molar-refractivity contribution is -0.918. The van der Waals surface area contributed by atoms with Gasteiger partial charge >= 0.3 is 0 Å². The first-order valence-electron chi connectivity index (χ1n) is 10.3. The van der Waals surface area contributed by atoms with Crippen LogP contribution in [0.15, 0.2) is 59.7 Å². The van der Waals surface area contributed by atoms with Crippen molar-refractivity contribution in [2.24, 2.45) is 0 Å². The minimum absolute atomic E-state index is 0.0315. The lowest BCUT2D eigenvalue weighted by Gasteiger charge is -2.24. The summed E-state index contributed by atoms with van der Waals surface area (Å²) in [5, 5.41) is 3.49. The standard InChI is InChI=1S/C23H26N4O2/c28-22(16-27-17-25-21-11-5-4-10-20(21)23(27)29)24-14-18-8-2-3-9-19(18)15-26-12-6-1-7-13-26/h2-5,8-11,17H,1,6-7,12-16H2,(H,24,28)/p+1. The summed E-state index contributed by atoms with van der Waals surface area (Å²) in [6, 6.07) is 15.5. The summed E-state index contributed by atoms with van der Waals surface area (Å²) in [5.41, 5.74) is 2.88. The molecule has 3 aromatic rings. The summed E-state index contributed by atoms with van der Waals surface area (Å²) in [5.74, 6) is -0.190. The number of para-hydroxylation sites is 1. The van der Waals surface area contributed by atoms with Crippen LogP contribution < -0.4 is 15.8 Å². The Morgan fingerprint density at radius 1 is 1.00 bits per heavy atom. The van der Waals surface area contributed by atoms with Gasteiger partial charge in [-0.1, -0.05) is 36.4 Å². The molecule has 0 saturated carbocycles. The van der Waals surface area contributed by atoms with Crippen LogP contribution in [-0.4, -0.2) is 28.5 Å². The second-order valence-corrected chi connectivity index (χ2v) is 7.73. The highest BCUT2D eigenvalue weighted by atomic mass is 16.2. The SMILES string of the molecule is O=C(Cn1cnc2ccccc2c1=O)NCc1ccccc1C[NH+]1CCCCC1. The van der Waals surface area contributed by atoms with E-state index < -0.39 is 0 Å². The van der Waals surface area contributed by atoms with Crippen molar-refractivity contribution in [2.75, 3.05) is 13.1 Å². The van der Waals surface area contributed by atoms with E-state index in [-0.39, 0.29) is 18.0 Å². The molecule has 1 fully saturated rings. The molecule has 1 amide bonds. The number of benzene rings is 2. The quantitative estimate of drug-likeness (QED) is 0.665. The number of hydrogen-bond donors (Lipinski definition) is 2. The van der Waals surface area contributed by atoms with Crippen LogP contribution in [0, 0.1) is 0 Å². The Morgan fingerprint density at radius 3 is 2.55 bits per heavy atom. The lowest BCUT2D eigenvalue weighted by Crippen LogP contribution is -3.11. The molecule has 4 rings (SSSR count). The molecule has 0 atom stereocenters. The predicted molar refractivity (Wildman–Crippen MR) is 113 cm³/mol. The van der Waals surface area contributed by atoms with Crippen LogP contribution >= 0.6 is 0 Å². The van der Waals surface area contributed by atoms with E-state index in [4.69, 9.17) is 0 Å². The molecule has 2 N–H and O–H groups in total. The normalized spacial score (nSPS) is 14.8. The summed E-state index contributed by atoms with van der Waals surface area (Å²) in [4.78, 5) is 30.9. The number of carbonyl (C=O) groups excluding carboxylic acids is 1. The van der Waals surface area contributed by atoms with Crippen LogP contribution in [0.1, 0.15) is 30.4 Å². The van der Waals surface area contributed by atoms with Crippen molar-refractivity contribution >= 4 is 16.8 Å². The van der Waals surface area contributed by atoms with E-state index in [2.05, 4.69) is 28.5 Å². The smallest absolute Gasteiger partial charge is 0.261 e. The molecule has 2 heterocycles. The number of nitrogens with one attached hydrogen (secondary N) is 2. The summed E-state index contributed by atoms with van der Waals surface area (Å²) in [6.07, 6.45) is 5.37. The molecule has 6 nitrogen and oxygen atoms in total. The fourth-order valence-corrected chi connectivity index (χ4v) is 4.02. The van der Waals surface area contributed by atoms with Gasteiger partial charge in [0, 0.05) is 12.1 Å². The molecular weight excluding hydrogens is 364 g/mol. The van der Waals surface area contributed by atoms with Crippen LogP contribution in [0.25, 0.3) is 10.9 Å². The molecule has 0 bridgehead atoms. The van der Waals surface area contributed by atoms with Crippen LogP contribution in [0.3, 0.4) is 0 Å². The fourth-order valence-electron chi connectivity index (χ4n) is 4.02. The zero-order valence-corrected chi connectivity index (χ0v) is 16.6. The van der Waals surface area contributed by atoms with Gasteiger partial charge < -0.3 is 10.2 Å². The van der Waals surface area contributed by atoms with Crippen molar-refractivity contribution in [3.8, 4) is 0 Å². The highest BCUT2D eigenvalue weighted by Crippen LogP contribution is 2.08.